The summed E-state index contributed by atoms with van der Waals surface area (Å²) < 4.78 is 7.32. The lowest BCUT2D eigenvalue weighted by Crippen LogP contribution is -2.49. The molecule has 2 N–H and O–H groups in total. The molecule has 2 aromatic heterocycles. The first-order valence-corrected chi connectivity index (χ1v) is 18.1. The summed E-state index contributed by atoms with van der Waals surface area (Å²) in [5, 5.41) is 11.9. The fourth-order valence-corrected chi connectivity index (χ4v) is 7.15. The van der Waals surface area contributed by atoms with Gasteiger partial charge in [0.05, 0.1) is 31.5 Å². The molecule has 0 aliphatic carbocycles. The van der Waals surface area contributed by atoms with Crippen molar-refractivity contribution in [2.75, 3.05) is 56.3 Å². The van der Waals surface area contributed by atoms with E-state index in [1.807, 2.05) is 62.0 Å². The van der Waals surface area contributed by atoms with Gasteiger partial charge in [-0.25, -0.2) is 14.6 Å². The molecule has 12 nitrogen and oxygen atoms in total. The number of morpholine rings is 1. The molecular weight excluding hydrogens is 625 g/mol. The fraction of sp³-hybridized carbons (Fsp3) is 0.562. The van der Waals surface area contributed by atoms with Crippen LogP contribution in [0.1, 0.15) is 60.3 Å². The summed E-state index contributed by atoms with van der Waals surface area (Å²) in [6, 6.07) is 8.60. The number of aryl methyl sites for hydroxylation is 1. The summed E-state index contributed by atoms with van der Waals surface area (Å²) in [6.07, 6.45) is 3.14. The number of amides is 3. The molecule has 0 spiro atoms. The minimum Gasteiger partial charge on any atom is -0.378 e. The Labute approximate surface area is 278 Å². The first-order valence-electron chi connectivity index (χ1n) is 15.9. The Morgan fingerprint density at radius 2 is 1.83 bits per heavy atom. The maximum Gasteiger partial charge on any atom is 0.265 e. The van der Waals surface area contributed by atoms with E-state index in [-0.39, 0.29) is 30.1 Å². The minimum absolute atomic E-state index is 0.0171. The molecule has 4 heterocycles. The molecule has 248 valence electrons. The molecule has 0 radical (unpaired) electrons. The quantitative estimate of drug-likeness (QED) is 0.388. The van der Waals surface area contributed by atoms with Gasteiger partial charge in [-0.3, -0.25) is 14.4 Å². The molecule has 0 bridgehead atoms. The molecule has 0 saturated carbocycles. The van der Waals surface area contributed by atoms with Gasteiger partial charge < -0.3 is 25.2 Å². The number of carbonyl (C=O) groups is 3. The summed E-state index contributed by atoms with van der Waals surface area (Å²) in [5.74, 6) is 1.33. The van der Waals surface area contributed by atoms with Crippen LogP contribution in [0.2, 0.25) is 0 Å². The predicted octanol–water partition coefficient (Wildman–Crippen LogP) is 3.53. The first-order chi connectivity index (χ1) is 22.2. The average molecular weight is 669 g/mol. The van der Waals surface area contributed by atoms with Gasteiger partial charge in [-0.05, 0) is 37.7 Å². The van der Waals surface area contributed by atoms with Gasteiger partial charge >= 0.3 is 0 Å². The number of thioether (sulfide) groups is 1. The Morgan fingerprint density at radius 1 is 1.07 bits per heavy atom. The van der Waals surface area contributed by atoms with Crippen LogP contribution in [0.3, 0.4) is 0 Å². The van der Waals surface area contributed by atoms with Crippen molar-refractivity contribution in [2.24, 2.45) is 5.92 Å². The number of nitrogens with one attached hydrogen (secondary N) is 2. The third kappa shape index (κ3) is 8.26. The number of benzene rings is 1. The molecule has 14 heteroatoms. The lowest BCUT2D eigenvalue weighted by atomic mass is 10.0. The van der Waals surface area contributed by atoms with Gasteiger partial charge in [0.15, 0.2) is 16.8 Å². The molecular formula is C32H44N8O4S2. The van der Waals surface area contributed by atoms with Crippen LogP contribution in [0.5, 0.6) is 0 Å². The standard InChI is InChI=1S/C32H44N8O4S2/c1-21(2)26-29-36-28(23-9-6-5-7-10-23)37-40(29)15-14-38(13-8-11-25(41)34-24(12-20-45-4)30(42)35-26)31(43)27-22(3)33-32(46-27)39-16-18-44-19-17-39/h5-7,9-10,21,24,26H,8,11-20H2,1-4H3,(H,34,41)(H,35,42)/t24-,26+/m0/s1. The van der Waals surface area contributed by atoms with Crippen molar-refractivity contribution in [3.05, 3.63) is 46.7 Å². The molecule has 2 aliphatic heterocycles. The highest BCUT2D eigenvalue weighted by Crippen LogP contribution is 2.29. The molecule has 5 rings (SSSR count). The molecule has 1 aromatic carbocycles. The van der Waals surface area contributed by atoms with E-state index in [4.69, 9.17) is 19.8 Å². The van der Waals surface area contributed by atoms with Gasteiger partial charge in [-0.2, -0.15) is 16.9 Å². The molecule has 3 amide bonds. The van der Waals surface area contributed by atoms with Gasteiger partial charge in [-0.15, -0.1) is 0 Å². The van der Waals surface area contributed by atoms with E-state index < -0.39 is 12.1 Å². The largest absolute Gasteiger partial charge is 0.378 e. The number of nitrogens with zero attached hydrogens (tertiary/aromatic N) is 6. The van der Waals surface area contributed by atoms with Gasteiger partial charge in [0.2, 0.25) is 11.8 Å². The van der Waals surface area contributed by atoms with Crippen molar-refractivity contribution in [1.29, 1.82) is 0 Å². The van der Waals surface area contributed by atoms with E-state index in [9.17, 15) is 14.4 Å². The highest BCUT2D eigenvalue weighted by atomic mass is 32.2. The Morgan fingerprint density at radius 3 is 2.54 bits per heavy atom. The first kappa shape index (κ1) is 33.9. The lowest BCUT2D eigenvalue weighted by molar-refractivity contribution is -0.129. The number of anilines is 1. The zero-order valence-electron chi connectivity index (χ0n) is 27.0. The number of carbonyl (C=O) groups excluding carboxylic acids is 3. The van der Waals surface area contributed by atoms with Crippen molar-refractivity contribution in [1.82, 2.24) is 35.3 Å². The number of hydrogen-bond acceptors (Lipinski definition) is 10. The molecule has 2 atom stereocenters. The van der Waals surface area contributed by atoms with Crippen LogP contribution in [0.25, 0.3) is 11.4 Å². The molecule has 3 aromatic rings. The molecule has 46 heavy (non-hydrogen) atoms. The minimum atomic E-state index is -0.676. The predicted molar refractivity (Wildman–Crippen MR) is 181 cm³/mol. The Kier molecular flexibility index (Phi) is 11.7. The van der Waals surface area contributed by atoms with Crippen LogP contribution in [0, 0.1) is 12.8 Å². The normalized spacial score (nSPS) is 20.2. The molecule has 0 unspecified atom stereocenters. The summed E-state index contributed by atoms with van der Waals surface area (Å²) in [6.45, 7) is 9.78. The number of rotatable bonds is 7. The number of ether oxygens (including phenoxy) is 1. The topological polar surface area (TPSA) is 135 Å². The maximum absolute atomic E-state index is 14.1. The van der Waals surface area contributed by atoms with Crippen molar-refractivity contribution in [3.63, 3.8) is 0 Å². The Balaban J connectivity index is 1.49. The van der Waals surface area contributed by atoms with Crippen molar-refractivity contribution in [2.45, 2.75) is 58.7 Å². The van der Waals surface area contributed by atoms with Crippen molar-refractivity contribution >= 4 is 46.0 Å². The lowest BCUT2D eigenvalue weighted by Gasteiger charge is -2.28. The SMILES string of the molecule is CSCC[C@@H]1NC(=O)CCCN(C(=O)c2sc(N3CCOCC3)nc2C)CCn2nc(-c3ccccc3)nc2[C@@H](C(C)C)NC1=O. The van der Waals surface area contributed by atoms with Crippen molar-refractivity contribution in [3.8, 4) is 11.4 Å². The van der Waals surface area contributed by atoms with E-state index in [2.05, 4.69) is 15.5 Å². The summed E-state index contributed by atoms with van der Waals surface area (Å²) >= 11 is 3.04. The average Bonchev–Trinajstić information content (AvgIpc) is 3.67. The van der Waals surface area contributed by atoms with E-state index >= 15 is 0 Å². The second-order valence-electron chi connectivity index (χ2n) is 11.9. The zero-order valence-corrected chi connectivity index (χ0v) is 28.7. The highest BCUT2D eigenvalue weighted by Gasteiger charge is 2.31. The second-order valence-corrected chi connectivity index (χ2v) is 13.9. The van der Waals surface area contributed by atoms with Crippen LogP contribution in [-0.4, -0.2) is 99.8 Å². The molecule has 1 fully saturated rings. The third-order valence-electron chi connectivity index (χ3n) is 8.20. The number of aromatic nitrogens is 4. The Hall–Kier alpha value is -3.49. The van der Waals surface area contributed by atoms with Gasteiger partial charge in [0.1, 0.15) is 10.9 Å². The van der Waals surface area contributed by atoms with Crippen LogP contribution >= 0.6 is 23.1 Å². The van der Waals surface area contributed by atoms with Gasteiger partial charge in [0.25, 0.3) is 5.91 Å². The van der Waals surface area contributed by atoms with E-state index in [0.29, 0.717) is 67.9 Å². The third-order valence-corrected chi connectivity index (χ3v) is 10.0. The van der Waals surface area contributed by atoms with E-state index in [1.165, 1.54) is 11.3 Å². The van der Waals surface area contributed by atoms with Crippen LogP contribution in [0.15, 0.2) is 30.3 Å². The Bertz CT molecular complexity index is 1490. The van der Waals surface area contributed by atoms with E-state index in [0.717, 1.165) is 29.5 Å². The van der Waals surface area contributed by atoms with Crippen LogP contribution in [0.4, 0.5) is 5.13 Å². The monoisotopic (exact) mass is 668 g/mol. The summed E-state index contributed by atoms with van der Waals surface area (Å²) in [4.78, 5) is 55.0. The summed E-state index contributed by atoms with van der Waals surface area (Å²) in [5.41, 5.74) is 1.56. The molecule has 2 aliphatic rings. The maximum atomic E-state index is 14.1. The number of fused-ring (bicyclic) bond motifs is 1. The molecule has 1 saturated heterocycles. The number of thiazole rings is 1. The smallest absolute Gasteiger partial charge is 0.265 e. The highest BCUT2D eigenvalue weighted by molar-refractivity contribution is 7.98. The second kappa shape index (κ2) is 15.9. The van der Waals surface area contributed by atoms with E-state index in [1.54, 1.807) is 16.7 Å². The number of hydrogen-bond donors (Lipinski definition) is 2. The fourth-order valence-electron chi connectivity index (χ4n) is 5.59. The van der Waals surface area contributed by atoms with Gasteiger partial charge in [-0.1, -0.05) is 55.5 Å². The zero-order chi connectivity index (χ0) is 32.6. The van der Waals surface area contributed by atoms with Crippen molar-refractivity contribution < 1.29 is 19.1 Å². The van der Waals surface area contributed by atoms with Gasteiger partial charge in [0, 0.05) is 38.2 Å². The van der Waals surface area contributed by atoms with Crippen LogP contribution < -0.4 is 15.5 Å². The van der Waals surface area contributed by atoms with Crippen LogP contribution in [-0.2, 0) is 20.9 Å². The summed E-state index contributed by atoms with van der Waals surface area (Å²) in [7, 11) is 0.